The largest absolute Gasteiger partial charge is 0.355 e. The summed E-state index contributed by atoms with van der Waals surface area (Å²) in [6.45, 7) is 1.97. The van der Waals surface area contributed by atoms with Crippen molar-refractivity contribution in [3.8, 4) is 11.3 Å². The number of rotatable bonds is 5. The maximum atomic E-state index is 13.4. The average molecular weight is 461 g/mol. The molecule has 4 rings (SSSR count). The van der Waals surface area contributed by atoms with E-state index in [9.17, 15) is 12.8 Å². The van der Waals surface area contributed by atoms with E-state index in [1.165, 1.54) is 18.9 Å². The van der Waals surface area contributed by atoms with Crippen LogP contribution in [-0.4, -0.2) is 31.7 Å². The summed E-state index contributed by atoms with van der Waals surface area (Å²) < 4.78 is 41.1. The first-order valence-corrected chi connectivity index (χ1v) is 12.0. The molecule has 162 valence electrons. The summed E-state index contributed by atoms with van der Waals surface area (Å²) in [5.41, 5.74) is 1.73. The Morgan fingerprint density at radius 3 is 2.39 bits per heavy atom. The molecule has 31 heavy (non-hydrogen) atoms. The van der Waals surface area contributed by atoms with Crippen molar-refractivity contribution in [2.75, 3.05) is 22.7 Å². The molecule has 0 unspecified atom stereocenters. The van der Waals surface area contributed by atoms with Gasteiger partial charge in [0.25, 0.3) is 10.0 Å². The molecule has 0 saturated carbocycles. The number of hydrogen-bond donors (Lipinski definition) is 1. The lowest BCUT2D eigenvalue weighted by Crippen LogP contribution is -2.25. The van der Waals surface area contributed by atoms with E-state index >= 15 is 0 Å². The van der Waals surface area contributed by atoms with E-state index in [4.69, 9.17) is 11.6 Å². The van der Waals surface area contributed by atoms with Crippen LogP contribution in [0.5, 0.6) is 0 Å². The number of benzene rings is 2. The minimum absolute atomic E-state index is 0.120. The Labute approximate surface area is 186 Å². The molecular weight excluding hydrogens is 439 g/mol. The van der Waals surface area contributed by atoms with E-state index in [1.807, 2.05) is 18.2 Å². The van der Waals surface area contributed by atoms with E-state index in [0.29, 0.717) is 11.4 Å². The third kappa shape index (κ3) is 5.14. The normalized spacial score (nSPS) is 14.8. The fourth-order valence-corrected chi connectivity index (χ4v) is 4.87. The van der Waals surface area contributed by atoms with E-state index in [0.717, 1.165) is 49.4 Å². The van der Waals surface area contributed by atoms with Gasteiger partial charge in [-0.1, -0.05) is 36.6 Å². The second kappa shape index (κ2) is 9.20. The minimum Gasteiger partial charge on any atom is -0.355 e. The zero-order chi connectivity index (χ0) is 21.8. The molecule has 3 aromatic rings. The van der Waals surface area contributed by atoms with Crippen molar-refractivity contribution in [2.45, 2.75) is 30.6 Å². The summed E-state index contributed by atoms with van der Waals surface area (Å²) in [4.78, 5) is 2.13. The Bertz CT molecular complexity index is 1160. The Balaban J connectivity index is 1.53. The fourth-order valence-electron chi connectivity index (χ4n) is 3.55. The third-order valence-corrected chi connectivity index (χ3v) is 6.86. The van der Waals surface area contributed by atoms with Gasteiger partial charge in [0.05, 0.1) is 15.6 Å². The van der Waals surface area contributed by atoms with Crippen LogP contribution in [0.15, 0.2) is 59.5 Å². The van der Waals surface area contributed by atoms with Gasteiger partial charge < -0.3 is 4.90 Å². The van der Waals surface area contributed by atoms with Crippen LogP contribution in [0.2, 0.25) is 5.02 Å². The van der Waals surface area contributed by atoms with Crippen LogP contribution in [0.25, 0.3) is 11.3 Å². The Hall–Kier alpha value is -2.71. The maximum Gasteiger partial charge on any atom is 0.261 e. The number of hydrogen-bond acceptors (Lipinski definition) is 5. The first-order chi connectivity index (χ1) is 14.9. The van der Waals surface area contributed by atoms with Gasteiger partial charge in [-0.15, -0.1) is 10.2 Å². The number of nitrogens with one attached hydrogen (secondary N) is 1. The van der Waals surface area contributed by atoms with Gasteiger partial charge in [-0.3, -0.25) is 4.72 Å². The van der Waals surface area contributed by atoms with Gasteiger partial charge in [0.1, 0.15) is 5.82 Å². The summed E-state index contributed by atoms with van der Waals surface area (Å²) in [7, 11) is -3.92. The lowest BCUT2D eigenvalue weighted by Gasteiger charge is -2.20. The number of aromatic nitrogens is 2. The first kappa shape index (κ1) is 21.5. The van der Waals surface area contributed by atoms with Crippen LogP contribution in [0.3, 0.4) is 0 Å². The molecule has 0 aliphatic carbocycles. The molecule has 1 N–H and O–H groups in total. The lowest BCUT2D eigenvalue weighted by molar-refractivity contribution is 0.599. The molecule has 1 aliphatic rings. The second-order valence-electron chi connectivity index (χ2n) is 7.44. The molecule has 1 aromatic heterocycles. The van der Waals surface area contributed by atoms with Crippen molar-refractivity contribution in [1.82, 2.24) is 10.2 Å². The standard InChI is InChI=1S/C22H22ClFN4O2S/c23-19-15-18(8-9-20(19)24)31(29,30)27-17-7-5-6-16(14-17)21-10-11-22(26-25-21)28-12-3-1-2-4-13-28/h5-11,14-15,27H,1-4,12-13H2. The maximum absolute atomic E-state index is 13.4. The van der Waals surface area contributed by atoms with Gasteiger partial charge in [-0.05, 0) is 55.3 Å². The molecular formula is C22H22ClFN4O2S. The quantitative estimate of drug-likeness (QED) is 0.572. The number of nitrogens with zero attached hydrogens (tertiary/aromatic N) is 3. The number of halogens is 2. The van der Waals surface area contributed by atoms with Crippen molar-refractivity contribution >= 4 is 33.1 Å². The van der Waals surface area contributed by atoms with Crippen molar-refractivity contribution in [3.05, 3.63) is 65.4 Å². The van der Waals surface area contributed by atoms with E-state index in [-0.39, 0.29) is 9.92 Å². The lowest BCUT2D eigenvalue weighted by atomic mass is 10.1. The Morgan fingerprint density at radius 1 is 0.935 bits per heavy atom. The van der Waals surface area contributed by atoms with Crippen LogP contribution in [0.4, 0.5) is 15.9 Å². The Morgan fingerprint density at radius 2 is 1.71 bits per heavy atom. The van der Waals surface area contributed by atoms with Crippen LogP contribution in [0, 0.1) is 5.82 Å². The summed E-state index contributed by atoms with van der Waals surface area (Å²) >= 11 is 5.72. The van der Waals surface area contributed by atoms with Gasteiger partial charge in [-0.2, -0.15) is 0 Å². The highest BCUT2D eigenvalue weighted by Crippen LogP contribution is 2.26. The minimum atomic E-state index is -3.92. The first-order valence-electron chi connectivity index (χ1n) is 10.1. The van der Waals surface area contributed by atoms with E-state index in [1.54, 1.807) is 18.2 Å². The summed E-state index contributed by atoms with van der Waals surface area (Å²) in [5, 5.41) is 8.47. The third-order valence-electron chi connectivity index (χ3n) is 5.19. The smallest absolute Gasteiger partial charge is 0.261 e. The molecule has 0 atom stereocenters. The molecule has 1 aliphatic heterocycles. The molecule has 0 bridgehead atoms. The van der Waals surface area contributed by atoms with Crippen LogP contribution in [-0.2, 0) is 10.0 Å². The molecule has 9 heteroatoms. The van der Waals surface area contributed by atoms with Gasteiger partial charge in [0.2, 0.25) is 0 Å². The number of anilines is 2. The summed E-state index contributed by atoms with van der Waals surface area (Å²) in [5.74, 6) is 0.181. The second-order valence-corrected chi connectivity index (χ2v) is 9.53. The fraction of sp³-hybridized carbons (Fsp3) is 0.273. The highest BCUT2D eigenvalue weighted by atomic mass is 35.5. The molecule has 1 saturated heterocycles. The van der Waals surface area contributed by atoms with Crippen molar-refractivity contribution in [3.63, 3.8) is 0 Å². The summed E-state index contributed by atoms with van der Waals surface area (Å²) in [6.07, 6.45) is 4.81. The van der Waals surface area contributed by atoms with E-state index < -0.39 is 15.8 Å². The molecule has 2 heterocycles. The predicted octanol–water partition coefficient (Wildman–Crippen LogP) is 5.12. The van der Waals surface area contributed by atoms with E-state index in [2.05, 4.69) is 19.8 Å². The number of sulfonamides is 1. The van der Waals surface area contributed by atoms with Crippen molar-refractivity contribution in [2.24, 2.45) is 0 Å². The molecule has 0 spiro atoms. The highest BCUT2D eigenvalue weighted by molar-refractivity contribution is 7.92. The van der Waals surface area contributed by atoms with Crippen molar-refractivity contribution < 1.29 is 12.8 Å². The van der Waals surface area contributed by atoms with Gasteiger partial charge in [-0.25, -0.2) is 12.8 Å². The zero-order valence-electron chi connectivity index (χ0n) is 16.8. The van der Waals surface area contributed by atoms with Crippen molar-refractivity contribution in [1.29, 1.82) is 0 Å². The Kier molecular flexibility index (Phi) is 6.38. The molecule has 0 radical (unpaired) electrons. The monoisotopic (exact) mass is 460 g/mol. The molecule has 6 nitrogen and oxygen atoms in total. The predicted molar refractivity (Wildman–Crippen MR) is 120 cm³/mol. The molecule has 1 fully saturated rings. The van der Waals surface area contributed by atoms with Crippen LogP contribution < -0.4 is 9.62 Å². The van der Waals surface area contributed by atoms with Gasteiger partial charge in [0.15, 0.2) is 5.82 Å². The van der Waals surface area contributed by atoms with Gasteiger partial charge in [0, 0.05) is 24.3 Å². The van der Waals surface area contributed by atoms with Crippen LogP contribution >= 0.6 is 11.6 Å². The molecule has 2 aromatic carbocycles. The summed E-state index contributed by atoms with van der Waals surface area (Å²) in [6, 6.07) is 14.0. The molecule has 0 amide bonds. The SMILES string of the molecule is O=S(=O)(Nc1cccc(-c2ccc(N3CCCCCC3)nn2)c1)c1ccc(F)c(Cl)c1. The van der Waals surface area contributed by atoms with Crippen LogP contribution in [0.1, 0.15) is 25.7 Å². The topological polar surface area (TPSA) is 75.2 Å². The van der Waals surface area contributed by atoms with Gasteiger partial charge >= 0.3 is 0 Å². The highest BCUT2D eigenvalue weighted by Gasteiger charge is 2.17. The average Bonchev–Trinajstić information content (AvgIpc) is 3.05. The zero-order valence-corrected chi connectivity index (χ0v) is 18.3.